The molecule has 116 valence electrons. The predicted octanol–water partition coefficient (Wildman–Crippen LogP) is 3.46. The van der Waals surface area contributed by atoms with Crippen molar-refractivity contribution in [2.75, 3.05) is 13.2 Å². The summed E-state index contributed by atoms with van der Waals surface area (Å²) in [6, 6.07) is 12.0. The highest BCUT2D eigenvalue weighted by Gasteiger charge is 2.19. The lowest BCUT2D eigenvalue weighted by atomic mass is 10.00. The minimum Gasteiger partial charge on any atom is -0.381 e. The monoisotopic (exact) mass is 299 g/mol. The highest BCUT2D eigenvalue weighted by molar-refractivity contribution is 5.94. The van der Waals surface area contributed by atoms with Gasteiger partial charge in [0.1, 0.15) is 11.5 Å². The molecular weight excluding hydrogens is 278 g/mol. The Morgan fingerprint density at radius 1 is 1.23 bits per heavy atom. The first kappa shape index (κ1) is 15.0. The fraction of sp³-hybridized carbons (Fsp3) is 0.444. The fourth-order valence-corrected chi connectivity index (χ4v) is 2.75. The van der Waals surface area contributed by atoms with E-state index in [-0.39, 0.29) is 5.78 Å². The summed E-state index contributed by atoms with van der Waals surface area (Å²) in [5, 5.41) is 3.92. The van der Waals surface area contributed by atoms with Gasteiger partial charge in [0.25, 0.3) is 0 Å². The van der Waals surface area contributed by atoms with Gasteiger partial charge in [-0.3, -0.25) is 4.79 Å². The van der Waals surface area contributed by atoms with Crippen LogP contribution in [-0.4, -0.2) is 24.2 Å². The molecule has 1 unspecified atom stereocenters. The summed E-state index contributed by atoms with van der Waals surface area (Å²) in [5.41, 5.74) is 1.72. The number of hydrogen-bond acceptors (Lipinski definition) is 4. The minimum atomic E-state index is 0.0709. The number of rotatable bonds is 7. The molecule has 22 heavy (non-hydrogen) atoms. The van der Waals surface area contributed by atoms with Gasteiger partial charge in [-0.1, -0.05) is 35.5 Å². The number of carbonyl (C=O) groups excluding carboxylic acids is 1. The maximum atomic E-state index is 12.1. The zero-order valence-corrected chi connectivity index (χ0v) is 12.7. The summed E-state index contributed by atoms with van der Waals surface area (Å²) < 4.78 is 10.6. The number of ketones is 1. The molecule has 1 aromatic heterocycles. The molecule has 4 heteroatoms. The van der Waals surface area contributed by atoms with Crippen LogP contribution in [-0.2, 0) is 17.6 Å². The maximum absolute atomic E-state index is 12.1. The van der Waals surface area contributed by atoms with Crippen LogP contribution in [0.5, 0.6) is 0 Å². The number of aromatic nitrogens is 1. The Labute approximate surface area is 130 Å². The molecule has 1 aliphatic heterocycles. The van der Waals surface area contributed by atoms with E-state index >= 15 is 0 Å². The van der Waals surface area contributed by atoms with Crippen molar-refractivity contribution in [3.63, 3.8) is 0 Å². The third-order valence-electron chi connectivity index (χ3n) is 4.15. The van der Waals surface area contributed by atoms with E-state index in [1.807, 2.05) is 18.2 Å². The van der Waals surface area contributed by atoms with E-state index in [1.54, 1.807) is 6.07 Å². The van der Waals surface area contributed by atoms with E-state index in [0.717, 1.165) is 44.7 Å². The third-order valence-corrected chi connectivity index (χ3v) is 4.15. The van der Waals surface area contributed by atoms with E-state index in [2.05, 4.69) is 17.3 Å². The number of ether oxygens (including phenoxy) is 1. The molecule has 0 amide bonds. The van der Waals surface area contributed by atoms with Crippen molar-refractivity contribution >= 4 is 5.78 Å². The SMILES string of the molecule is O=C(CCC1CCOC1)c1cc(CCc2ccccc2)on1. The molecule has 0 bridgehead atoms. The lowest BCUT2D eigenvalue weighted by Gasteiger charge is -2.04. The summed E-state index contributed by atoms with van der Waals surface area (Å²) >= 11 is 0. The summed E-state index contributed by atoms with van der Waals surface area (Å²) in [6.45, 7) is 1.61. The second-order valence-corrected chi connectivity index (χ2v) is 5.86. The molecule has 1 saturated heterocycles. The zero-order chi connectivity index (χ0) is 15.2. The fourth-order valence-electron chi connectivity index (χ4n) is 2.75. The molecule has 1 aromatic carbocycles. The normalized spacial score (nSPS) is 17.7. The van der Waals surface area contributed by atoms with Gasteiger partial charge in [-0.15, -0.1) is 0 Å². The quantitative estimate of drug-likeness (QED) is 0.735. The molecule has 1 aliphatic rings. The molecule has 0 aliphatic carbocycles. The highest BCUT2D eigenvalue weighted by Crippen LogP contribution is 2.19. The van der Waals surface area contributed by atoms with Crippen molar-refractivity contribution < 1.29 is 14.1 Å². The zero-order valence-electron chi connectivity index (χ0n) is 12.7. The first-order valence-electron chi connectivity index (χ1n) is 7.92. The van der Waals surface area contributed by atoms with E-state index in [9.17, 15) is 4.79 Å². The van der Waals surface area contributed by atoms with Crippen LogP contribution in [0.2, 0.25) is 0 Å². The molecule has 1 atom stereocenters. The largest absolute Gasteiger partial charge is 0.381 e. The van der Waals surface area contributed by atoms with Crippen molar-refractivity contribution in [2.45, 2.75) is 32.1 Å². The number of aryl methyl sites for hydroxylation is 2. The molecule has 3 rings (SSSR count). The Morgan fingerprint density at radius 2 is 2.09 bits per heavy atom. The van der Waals surface area contributed by atoms with Crippen molar-refractivity contribution in [1.29, 1.82) is 0 Å². The van der Waals surface area contributed by atoms with Crippen LogP contribution in [0, 0.1) is 5.92 Å². The first-order chi connectivity index (χ1) is 10.8. The van der Waals surface area contributed by atoms with Gasteiger partial charge in [0.2, 0.25) is 0 Å². The van der Waals surface area contributed by atoms with E-state index in [1.165, 1.54) is 5.56 Å². The van der Waals surface area contributed by atoms with E-state index in [4.69, 9.17) is 9.26 Å². The minimum absolute atomic E-state index is 0.0709. The van der Waals surface area contributed by atoms with Gasteiger partial charge in [-0.2, -0.15) is 0 Å². The van der Waals surface area contributed by atoms with Crippen molar-refractivity contribution in [2.24, 2.45) is 5.92 Å². The van der Waals surface area contributed by atoms with Gasteiger partial charge >= 0.3 is 0 Å². The van der Waals surface area contributed by atoms with Crippen molar-refractivity contribution in [3.05, 3.63) is 53.4 Å². The Kier molecular flexibility index (Phi) is 5.01. The van der Waals surface area contributed by atoms with E-state index < -0.39 is 0 Å². The van der Waals surface area contributed by atoms with Crippen LogP contribution in [0.3, 0.4) is 0 Å². The second kappa shape index (κ2) is 7.36. The van der Waals surface area contributed by atoms with Gasteiger partial charge < -0.3 is 9.26 Å². The Bertz CT molecular complexity index is 600. The summed E-state index contributed by atoms with van der Waals surface area (Å²) in [6.07, 6.45) is 4.13. The van der Waals surface area contributed by atoms with Crippen LogP contribution >= 0.6 is 0 Å². The number of benzene rings is 1. The molecule has 4 nitrogen and oxygen atoms in total. The van der Waals surface area contributed by atoms with Crippen LogP contribution in [0.1, 0.15) is 41.1 Å². The van der Waals surface area contributed by atoms with Crippen molar-refractivity contribution in [1.82, 2.24) is 5.16 Å². The Balaban J connectivity index is 1.48. The van der Waals surface area contributed by atoms with Gasteiger partial charge in [-0.05, 0) is 30.7 Å². The number of carbonyl (C=O) groups is 1. The van der Waals surface area contributed by atoms with E-state index in [0.29, 0.717) is 18.0 Å². The van der Waals surface area contributed by atoms with Crippen LogP contribution in [0.25, 0.3) is 0 Å². The Hall–Kier alpha value is -1.94. The maximum Gasteiger partial charge on any atom is 0.184 e. The van der Waals surface area contributed by atoms with Gasteiger partial charge in [0.15, 0.2) is 5.78 Å². The van der Waals surface area contributed by atoms with Crippen LogP contribution in [0.15, 0.2) is 40.9 Å². The number of hydrogen-bond donors (Lipinski definition) is 0. The Morgan fingerprint density at radius 3 is 2.86 bits per heavy atom. The second-order valence-electron chi connectivity index (χ2n) is 5.86. The van der Waals surface area contributed by atoms with Gasteiger partial charge in [0.05, 0.1) is 0 Å². The predicted molar refractivity (Wildman–Crippen MR) is 82.8 cm³/mol. The molecule has 0 saturated carbocycles. The third kappa shape index (κ3) is 4.04. The average molecular weight is 299 g/mol. The average Bonchev–Trinajstić information content (AvgIpc) is 3.23. The molecule has 1 fully saturated rings. The number of Topliss-reactive ketones (excluding diaryl/α,β-unsaturated/α-hetero) is 1. The molecular formula is C18H21NO3. The lowest BCUT2D eigenvalue weighted by Crippen LogP contribution is -2.05. The van der Waals surface area contributed by atoms with Crippen LogP contribution in [0.4, 0.5) is 0 Å². The van der Waals surface area contributed by atoms with Gasteiger partial charge in [0, 0.05) is 32.1 Å². The summed E-state index contributed by atoms with van der Waals surface area (Å²) in [7, 11) is 0. The smallest absolute Gasteiger partial charge is 0.184 e. The lowest BCUT2D eigenvalue weighted by molar-refractivity contribution is 0.0962. The van der Waals surface area contributed by atoms with Crippen LogP contribution < -0.4 is 0 Å². The molecule has 2 heterocycles. The highest BCUT2D eigenvalue weighted by atomic mass is 16.5. The molecule has 0 radical (unpaired) electrons. The number of nitrogens with zero attached hydrogens (tertiary/aromatic N) is 1. The summed E-state index contributed by atoms with van der Waals surface area (Å²) in [5.74, 6) is 1.37. The molecule has 0 N–H and O–H groups in total. The topological polar surface area (TPSA) is 52.3 Å². The first-order valence-corrected chi connectivity index (χ1v) is 7.92. The molecule has 0 spiro atoms. The van der Waals surface area contributed by atoms with Crippen molar-refractivity contribution in [3.8, 4) is 0 Å². The standard InChI is InChI=1S/C18H21NO3/c20-18(9-7-15-10-11-21-13-15)17-12-16(22-19-17)8-6-14-4-2-1-3-5-14/h1-5,12,15H,6-11,13H2. The summed E-state index contributed by atoms with van der Waals surface area (Å²) in [4.78, 5) is 12.1. The van der Waals surface area contributed by atoms with Gasteiger partial charge in [-0.25, -0.2) is 0 Å². The molecule has 2 aromatic rings.